The number of methoxy groups -OCH3 is 1. The summed E-state index contributed by atoms with van der Waals surface area (Å²) in [5.74, 6) is -1.43. The molecule has 0 spiro atoms. The summed E-state index contributed by atoms with van der Waals surface area (Å²) in [5.41, 5.74) is 1.06. The predicted molar refractivity (Wildman–Crippen MR) is 91.8 cm³/mol. The van der Waals surface area contributed by atoms with E-state index in [9.17, 15) is 19.2 Å². The van der Waals surface area contributed by atoms with Crippen molar-refractivity contribution in [2.24, 2.45) is 0 Å². The number of carbonyl (C=O) groups excluding carboxylic acids is 4. The molecule has 7 nitrogen and oxygen atoms in total. The minimum Gasteiger partial charge on any atom is -0.465 e. The molecule has 1 saturated heterocycles. The van der Waals surface area contributed by atoms with E-state index >= 15 is 0 Å². The van der Waals surface area contributed by atoms with Crippen molar-refractivity contribution in [3.05, 3.63) is 46.8 Å². The molecule has 3 amide bonds. The highest BCUT2D eigenvalue weighted by atomic mass is 32.1. The predicted octanol–water partition coefficient (Wildman–Crippen LogP) is 2.44. The first-order valence-electron chi connectivity index (χ1n) is 7.44. The normalized spacial score (nSPS) is 13.9. The summed E-state index contributed by atoms with van der Waals surface area (Å²) in [4.78, 5) is 48.5. The maximum atomic E-state index is 12.3. The number of benzene rings is 1. The molecule has 1 N–H and O–H groups in total. The number of anilines is 2. The van der Waals surface area contributed by atoms with Gasteiger partial charge in [0.25, 0.3) is 5.91 Å². The van der Waals surface area contributed by atoms with Gasteiger partial charge >= 0.3 is 5.97 Å². The zero-order valence-electron chi connectivity index (χ0n) is 13.3. The average molecular weight is 358 g/mol. The Hall–Kier alpha value is -3.00. The number of thiophene rings is 1. The molecular formula is C17H14N2O5S. The summed E-state index contributed by atoms with van der Waals surface area (Å²) < 4.78 is 4.66. The number of ether oxygens (including phenoxy) is 1. The first kappa shape index (κ1) is 16.8. The number of hydrogen-bond acceptors (Lipinski definition) is 6. The summed E-state index contributed by atoms with van der Waals surface area (Å²) in [6.07, 6.45) is 0.408. The number of nitrogens with one attached hydrogen (secondary N) is 1. The highest BCUT2D eigenvalue weighted by molar-refractivity contribution is 7.14. The van der Waals surface area contributed by atoms with Crippen molar-refractivity contribution in [3.63, 3.8) is 0 Å². The van der Waals surface area contributed by atoms with Gasteiger partial charge in [-0.2, -0.15) is 0 Å². The molecule has 1 aromatic carbocycles. The average Bonchev–Trinajstić information content (AvgIpc) is 3.21. The number of nitrogens with zero attached hydrogens (tertiary/aromatic N) is 1. The van der Waals surface area contributed by atoms with Gasteiger partial charge in [-0.3, -0.25) is 19.3 Å². The molecule has 1 fully saturated rings. The summed E-state index contributed by atoms with van der Waals surface area (Å²) in [6.45, 7) is 0. The van der Waals surface area contributed by atoms with E-state index in [2.05, 4.69) is 10.1 Å². The highest BCUT2D eigenvalue weighted by Crippen LogP contribution is 2.26. The monoisotopic (exact) mass is 358 g/mol. The van der Waals surface area contributed by atoms with Crippen LogP contribution in [-0.2, 0) is 14.3 Å². The van der Waals surface area contributed by atoms with Crippen LogP contribution in [0.4, 0.5) is 10.7 Å². The zero-order chi connectivity index (χ0) is 18.0. The zero-order valence-corrected chi connectivity index (χ0v) is 14.1. The third-order valence-corrected chi connectivity index (χ3v) is 4.57. The van der Waals surface area contributed by atoms with Crippen molar-refractivity contribution in [1.82, 2.24) is 0 Å². The quantitative estimate of drug-likeness (QED) is 0.669. The van der Waals surface area contributed by atoms with Crippen LogP contribution in [0, 0.1) is 0 Å². The molecule has 0 saturated carbocycles. The lowest BCUT2D eigenvalue weighted by molar-refractivity contribution is -0.121. The number of hydrogen-bond donors (Lipinski definition) is 1. The van der Waals surface area contributed by atoms with Gasteiger partial charge in [-0.25, -0.2) is 4.79 Å². The maximum absolute atomic E-state index is 12.3. The largest absolute Gasteiger partial charge is 0.465 e. The number of imide groups is 1. The highest BCUT2D eigenvalue weighted by Gasteiger charge is 2.30. The minimum atomic E-state index is -0.530. The molecule has 8 heteroatoms. The van der Waals surface area contributed by atoms with Crippen LogP contribution < -0.4 is 10.2 Å². The molecule has 0 bridgehead atoms. The summed E-state index contributed by atoms with van der Waals surface area (Å²) in [6, 6.07) is 7.71. The SMILES string of the molecule is COC(=O)c1ccsc1NC(=O)c1ccc(N2C(=O)CCC2=O)cc1. The Morgan fingerprint density at radius 2 is 1.72 bits per heavy atom. The van der Waals surface area contributed by atoms with Gasteiger partial charge in [0.15, 0.2) is 0 Å². The van der Waals surface area contributed by atoms with Crippen LogP contribution in [0.25, 0.3) is 0 Å². The third-order valence-electron chi connectivity index (χ3n) is 3.74. The Labute approximate surface area is 147 Å². The van der Waals surface area contributed by atoms with Crippen LogP contribution >= 0.6 is 11.3 Å². The van der Waals surface area contributed by atoms with E-state index in [4.69, 9.17) is 0 Å². The molecule has 0 atom stereocenters. The Morgan fingerprint density at radius 3 is 2.32 bits per heavy atom. The first-order valence-corrected chi connectivity index (χ1v) is 8.32. The van der Waals surface area contributed by atoms with Crippen molar-refractivity contribution >= 4 is 45.7 Å². The number of rotatable bonds is 4. The lowest BCUT2D eigenvalue weighted by Gasteiger charge is -2.14. The second-order valence-corrected chi connectivity index (χ2v) is 6.19. The molecule has 1 aromatic heterocycles. The van der Waals surface area contributed by atoms with E-state index < -0.39 is 11.9 Å². The van der Waals surface area contributed by atoms with Crippen LogP contribution in [0.15, 0.2) is 35.7 Å². The molecule has 2 aromatic rings. The molecule has 0 aliphatic carbocycles. The van der Waals surface area contributed by atoms with E-state index in [0.29, 0.717) is 16.3 Å². The van der Waals surface area contributed by atoms with Gasteiger partial charge in [0, 0.05) is 18.4 Å². The van der Waals surface area contributed by atoms with Gasteiger partial charge < -0.3 is 10.1 Å². The Morgan fingerprint density at radius 1 is 1.08 bits per heavy atom. The fraction of sp³-hybridized carbons (Fsp3) is 0.176. The summed E-state index contributed by atoms with van der Waals surface area (Å²) >= 11 is 1.21. The summed E-state index contributed by atoms with van der Waals surface area (Å²) in [5, 5.41) is 4.73. The fourth-order valence-electron chi connectivity index (χ4n) is 2.48. The molecular weight excluding hydrogens is 344 g/mol. The van der Waals surface area contributed by atoms with E-state index in [-0.39, 0.29) is 30.2 Å². The third kappa shape index (κ3) is 3.29. The smallest absolute Gasteiger partial charge is 0.340 e. The minimum absolute atomic E-state index is 0.204. The number of esters is 1. The first-order chi connectivity index (χ1) is 12.0. The summed E-state index contributed by atoms with van der Waals surface area (Å²) in [7, 11) is 1.27. The van der Waals surface area contributed by atoms with E-state index in [1.165, 1.54) is 30.6 Å². The van der Waals surface area contributed by atoms with Crippen LogP contribution in [-0.4, -0.2) is 30.8 Å². The van der Waals surface area contributed by atoms with E-state index in [1.807, 2.05) is 0 Å². The Bertz CT molecular complexity index is 840. The van der Waals surface area contributed by atoms with Gasteiger partial charge in [-0.15, -0.1) is 11.3 Å². The van der Waals surface area contributed by atoms with E-state index in [0.717, 1.165) is 4.90 Å². The molecule has 0 radical (unpaired) electrons. The maximum Gasteiger partial charge on any atom is 0.340 e. The molecule has 3 rings (SSSR count). The van der Waals surface area contributed by atoms with Crippen LogP contribution in [0.5, 0.6) is 0 Å². The van der Waals surface area contributed by atoms with Crippen molar-refractivity contribution in [3.8, 4) is 0 Å². The second kappa shape index (κ2) is 6.86. The molecule has 1 aliphatic heterocycles. The molecule has 0 unspecified atom stereocenters. The van der Waals surface area contributed by atoms with Gasteiger partial charge in [0.1, 0.15) is 5.00 Å². The van der Waals surface area contributed by atoms with Gasteiger partial charge in [0.2, 0.25) is 11.8 Å². The lowest BCUT2D eigenvalue weighted by atomic mass is 10.2. The molecule has 128 valence electrons. The van der Waals surface area contributed by atoms with Crippen LogP contribution in [0.1, 0.15) is 33.6 Å². The van der Waals surface area contributed by atoms with Gasteiger partial charge in [-0.05, 0) is 35.7 Å². The number of amides is 3. The van der Waals surface area contributed by atoms with Crippen molar-refractivity contribution < 1.29 is 23.9 Å². The fourth-order valence-corrected chi connectivity index (χ4v) is 3.25. The van der Waals surface area contributed by atoms with Crippen LogP contribution in [0.3, 0.4) is 0 Å². The standard InChI is InChI=1S/C17H14N2O5S/c1-24-17(23)12-8-9-25-16(12)18-15(22)10-2-4-11(5-3-10)19-13(20)6-7-14(19)21/h2-5,8-9H,6-7H2,1H3,(H,18,22). The second-order valence-electron chi connectivity index (χ2n) is 5.28. The topological polar surface area (TPSA) is 92.8 Å². The Kier molecular flexibility index (Phi) is 4.62. The Balaban J connectivity index is 1.76. The molecule has 2 heterocycles. The van der Waals surface area contributed by atoms with Crippen molar-refractivity contribution in [2.75, 3.05) is 17.3 Å². The van der Waals surface area contributed by atoms with Crippen LogP contribution in [0.2, 0.25) is 0 Å². The number of carbonyl (C=O) groups is 4. The van der Waals surface area contributed by atoms with E-state index in [1.54, 1.807) is 23.6 Å². The molecule has 1 aliphatic rings. The van der Waals surface area contributed by atoms with Crippen molar-refractivity contribution in [1.29, 1.82) is 0 Å². The lowest BCUT2D eigenvalue weighted by Crippen LogP contribution is -2.28. The van der Waals surface area contributed by atoms with Gasteiger partial charge in [-0.1, -0.05) is 0 Å². The van der Waals surface area contributed by atoms with Gasteiger partial charge in [0.05, 0.1) is 18.4 Å². The van der Waals surface area contributed by atoms with Crippen molar-refractivity contribution in [2.45, 2.75) is 12.8 Å². The molecule has 25 heavy (non-hydrogen) atoms.